The average molecular weight is 390 g/mol. The molecule has 6 nitrogen and oxygen atoms in total. The van der Waals surface area contributed by atoms with Gasteiger partial charge in [-0.3, -0.25) is 0 Å². The number of aromatic nitrogens is 1. The van der Waals surface area contributed by atoms with Crippen molar-refractivity contribution >= 4 is 23.6 Å². The third kappa shape index (κ3) is 4.66. The van der Waals surface area contributed by atoms with Gasteiger partial charge in [0.25, 0.3) is 0 Å². The number of hydrogen-bond donors (Lipinski definition) is 2. The molecule has 0 aliphatic heterocycles. The van der Waals surface area contributed by atoms with Gasteiger partial charge < -0.3 is 14.8 Å². The van der Waals surface area contributed by atoms with E-state index in [0.29, 0.717) is 0 Å². The fourth-order valence-electron chi connectivity index (χ4n) is 3.24. The molecule has 2 amide bonds. The minimum absolute atomic E-state index is 0.372. The molecule has 0 atom stereocenters. The van der Waals surface area contributed by atoms with Gasteiger partial charge in [0.1, 0.15) is 0 Å². The van der Waals surface area contributed by atoms with Gasteiger partial charge in [-0.05, 0) is 62.7 Å². The van der Waals surface area contributed by atoms with E-state index in [2.05, 4.69) is 62.6 Å². The monoisotopic (exact) mass is 389 g/mol. The van der Waals surface area contributed by atoms with Crippen molar-refractivity contribution in [3.8, 4) is 5.69 Å². The Labute approximate surface area is 171 Å². The molecule has 0 saturated heterocycles. The van der Waals surface area contributed by atoms with Crippen molar-refractivity contribution in [3.05, 3.63) is 77.1 Å². The van der Waals surface area contributed by atoms with Crippen molar-refractivity contribution in [3.63, 3.8) is 0 Å². The quantitative estimate of drug-likeness (QED) is 0.494. The zero-order valence-electron chi connectivity index (χ0n) is 17.5. The number of hydrazone groups is 1. The number of rotatable bonds is 5. The first-order chi connectivity index (χ1) is 13.9. The summed E-state index contributed by atoms with van der Waals surface area (Å²) >= 11 is 0. The maximum absolute atomic E-state index is 12.1. The molecule has 29 heavy (non-hydrogen) atoms. The molecule has 0 unspecified atom stereocenters. The summed E-state index contributed by atoms with van der Waals surface area (Å²) in [6, 6.07) is 17.7. The van der Waals surface area contributed by atoms with Gasteiger partial charge in [0.2, 0.25) is 0 Å². The van der Waals surface area contributed by atoms with Gasteiger partial charge in [-0.15, -0.1) is 0 Å². The molecule has 0 fully saturated rings. The normalized spacial score (nSPS) is 10.9. The number of nitrogens with zero attached hydrogens (tertiary/aromatic N) is 3. The Bertz CT molecular complexity index is 1030. The summed E-state index contributed by atoms with van der Waals surface area (Å²) in [4.78, 5) is 14.1. The van der Waals surface area contributed by atoms with Gasteiger partial charge in [0.05, 0.1) is 6.21 Å². The van der Waals surface area contributed by atoms with Gasteiger partial charge in [-0.2, -0.15) is 5.10 Å². The topological polar surface area (TPSA) is 61.7 Å². The van der Waals surface area contributed by atoms with Crippen molar-refractivity contribution in [2.24, 2.45) is 5.10 Å². The SMILES string of the molecule is Cc1ccccc1NC(=O)NN=Cc1cc(C)n(-c2ccc(N(C)C)cc2)c1C. The molecule has 0 spiro atoms. The summed E-state index contributed by atoms with van der Waals surface area (Å²) < 4.78 is 2.17. The van der Waals surface area contributed by atoms with Crippen LogP contribution in [0.4, 0.5) is 16.2 Å². The van der Waals surface area contributed by atoms with Crippen molar-refractivity contribution in [2.45, 2.75) is 20.8 Å². The number of benzene rings is 2. The van der Waals surface area contributed by atoms with Gasteiger partial charge >= 0.3 is 6.03 Å². The van der Waals surface area contributed by atoms with E-state index in [-0.39, 0.29) is 6.03 Å². The zero-order valence-corrected chi connectivity index (χ0v) is 17.5. The highest BCUT2D eigenvalue weighted by Crippen LogP contribution is 2.22. The summed E-state index contributed by atoms with van der Waals surface area (Å²) in [6.07, 6.45) is 1.67. The van der Waals surface area contributed by atoms with Crippen LogP contribution in [0.3, 0.4) is 0 Å². The molecule has 3 rings (SSSR count). The van der Waals surface area contributed by atoms with E-state index in [0.717, 1.165) is 39.6 Å². The average Bonchev–Trinajstić information content (AvgIpc) is 2.97. The first-order valence-electron chi connectivity index (χ1n) is 9.49. The molecule has 0 bridgehead atoms. The van der Waals surface area contributed by atoms with Gasteiger partial charge in [0.15, 0.2) is 0 Å². The van der Waals surface area contributed by atoms with Crippen molar-refractivity contribution in [1.29, 1.82) is 0 Å². The molecule has 2 N–H and O–H groups in total. The van der Waals surface area contributed by atoms with E-state index in [1.54, 1.807) is 6.21 Å². The molecule has 3 aromatic rings. The largest absolute Gasteiger partial charge is 0.378 e. The number of hydrogen-bond acceptors (Lipinski definition) is 3. The Hall–Kier alpha value is -3.54. The third-order valence-electron chi connectivity index (χ3n) is 4.86. The predicted molar refractivity (Wildman–Crippen MR) is 120 cm³/mol. The Kier molecular flexibility index (Phi) is 6.02. The van der Waals surface area contributed by atoms with Gasteiger partial charge in [-0.1, -0.05) is 18.2 Å². The summed E-state index contributed by atoms with van der Waals surface area (Å²) in [7, 11) is 4.05. The van der Waals surface area contributed by atoms with Crippen LogP contribution in [0.15, 0.2) is 59.7 Å². The molecule has 1 aromatic heterocycles. The number of amides is 2. The van der Waals surface area contributed by atoms with E-state index in [4.69, 9.17) is 0 Å². The standard InChI is InChI=1S/C23H27N5O/c1-16-8-6-7-9-22(16)25-23(29)26-24-15-19-14-17(2)28(18(19)3)21-12-10-20(11-13-21)27(4)5/h6-15H,1-5H3,(H2,25,26,29). The maximum Gasteiger partial charge on any atom is 0.339 e. The van der Waals surface area contributed by atoms with Crippen LogP contribution >= 0.6 is 0 Å². The molecule has 0 aliphatic rings. The molecule has 6 heteroatoms. The molecular formula is C23H27N5O. The van der Waals surface area contributed by atoms with Crippen LogP contribution in [-0.2, 0) is 0 Å². The number of para-hydroxylation sites is 1. The smallest absolute Gasteiger partial charge is 0.339 e. The third-order valence-corrected chi connectivity index (χ3v) is 4.86. The number of anilines is 2. The Morgan fingerprint density at radius 2 is 1.72 bits per heavy atom. The van der Waals surface area contributed by atoms with Crippen LogP contribution in [0.1, 0.15) is 22.5 Å². The van der Waals surface area contributed by atoms with E-state index < -0.39 is 0 Å². The lowest BCUT2D eigenvalue weighted by Crippen LogP contribution is -2.24. The fraction of sp³-hybridized carbons (Fsp3) is 0.217. The molecular weight excluding hydrogens is 362 g/mol. The highest BCUT2D eigenvalue weighted by molar-refractivity contribution is 5.91. The number of carbonyl (C=O) groups excluding carboxylic acids is 1. The van der Waals surface area contributed by atoms with Crippen LogP contribution < -0.4 is 15.6 Å². The van der Waals surface area contributed by atoms with Crippen LogP contribution in [0.2, 0.25) is 0 Å². The highest BCUT2D eigenvalue weighted by Gasteiger charge is 2.10. The fourth-order valence-corrected chi connectivity index (χ4v) is 3.24. The second-order valence-corrected chi connectivity index (χ2v) is 7.21. The van der Waals surface area contributed by atoms with Crippen LogP contribution in [0.25, 0.3) is 5.69 Å². The molecule has 1 heterocycles. The minimum atomic E-state index is -0.372. The van der Waals surface area contributed by atoms with E-state index in [1.807, 2.05) is 52.2 Å². The second-order valence-electron chi connectivity index (χ2n) is 7.21. The molecule has 0 aliphatic carbocycles. The lowest BCUT2D eigenvalue weighted by atomic mass is 10.2. The Morgan fingerprint density at radius 3 is 2.38 bits per heavy atom. The van der Waals surface area contributed by atoms with Crippen molar-refractivity contribution in [2.75, 3.05) is 24.3 Å². The van der Waals surface area contributed by atoms with E-state index >= 15 is 0 Å². The minimum Gasteiger partial charge on any atom is -0.378 e. The summed E-state index contributed by atoms with van der Waals surface area (Å²) in [5.41, 5.74) is 9.65. The van der Waals surface area contributed by atoms with Gasteiger partial charge in [-0.25, -0.2) is 10.2 Å². The number of nitrogens with one attached hydrogen (secondary N) is 2. The first-order valence-corrected chi connectivity index (χ1v) is 9.49. The zero-order chi connectivity index (χ0) is 21.0. The van der Waals surface area contributed by atoms with Crippen molar-refractivity contribution in [1.82, 2.24) is 9.99 Å². The molecule has 0 saturated carbocycles. The van der Waals surface area contributed by atoms with E-state index in [1.165, 1.54) is 0 Å². The molecule has 2 aromatic carbocycles. The lowest BCUT2D eigenvalue weighted by Gasteiger charge is -2.14. The Balaban J connectivity index is 1.71. The summed E-state index contributed by atoms with van der Waals surface area (Å²) in [6.45, 7) is 6.04. The first kappa shape index (κ1) is 20.2. The highest BCUT2D eigenvalue weighted by atomic mass is 16.2. The predicted octanol–water partition coefficient (Wildman–Crippen LogP) is 4.62. The van der Waals surface area contributed by atoms with Crippen LogP contribution in [0.5, 0.6) is 0 Å². The second kappa shape index (κ2) is 8.65. The van der Waals surface area contributed by atoms with Crippen LogP contribution in [0, 0.1) is 20.8 Å². The van der Waals surface area contributed by atoms with Crippen molar-refractivity contribution < 1.29 is 4.79 Å². The van der Waals surface area contributed by atoms with Gasteiger partial charge in [0, 0.05) is 48.1 Å². The summed E-state index contributed by atoms with van der Waals surface area (Å²) in [5, 5.41) is 6.90. The molecule has 0 radical (unpaired) electrons. The summed E-state index contributed by atoms with van der Waals surface area (Å²) in [5.74, 6) is 0. The maximum atomic E-state index is 12.1. The van der Waals surface area contributed by atoms with E-state index in [9.17, 15) is 4.79 Å². The number of urea groups is 1. The van der Waals surface area contributed by atoms with Crippen LogP contribution in [-0.4, -0.2) is 30.9 Å². The number of carbonyl (C=O) groups is 1. The Morgan fingerprint density at radius 1 is 1.03 bits per heavy atom. The number of aryl methyl sites for hydroxylation is 2. The lowest BCUT2D eigenvalue weighted by molar-refractivity contribution is 0.252. The molecule has 150 valence electrons.